The zero-order valence-corrected chi connectivity index (χ0v) is 15.6. The van der Waals surface area contributed by atoms with Gasteiger partial charge in [0.2, 0.25) is 5.91 Å². The molecule has 1 saturated carbocycles. The second-order valence-electron chi connectivity index (χ2n) is 6.63. The summed E-state index contributed by atoms with van der Waals surface area (Å²) in [6, 6.07) is 15.0. The lowest BCUT2D eigenvalue weighted by atomic mass is 10.0. The maximum atomic E-state index is 12.4. The van der Waals surface area contributed by atoms with E-state index in [0.29, 0.717) is 11.5 Å². The van der Waals surface area contributed by atoms with Crippen molar-refractivity contribution in [2.75, 3.05) is 14.2 Å². The molecule has 140 valence electrons. The minimum atomic E-state index is -0.130. The van der Waals surface area contributed by atoms with Crippen LogP contribution >= 0.6 is 0 Å². The third-order valence-electron chi connectivity index (χ3n) is 4.69. The largest absolute Gasteiger partial charge is 0.497 e. The molecule has 2 aromatic carbocycles. The molecule has 0 saturated heterocycles. The smallest absolute Gasteiger partial charge is 0.251 e. The fraction of sp³-hybridized carbons (Fsp3) is 0.273. The Morgan fingerprint density at radius 3 is 2.30 bits per heavy atom. The van der Waals surface area contributed by atoms with Crippen LogP contribution in [0.4, 0.5) is 0 Å². The van der Waals surface area contributed by atoms with Crippen LogP contribution in [0.25, 0.3) is 6.08 Å². The van der Waals surface area contributed by atoms with Crippen LogP contribution in [-0.2, 0) is 4.79 Å². The number of nitrogens with one attached hydrogen (secondary N) is 2. The first-order valence-electron chi connectivity index (χ1n) is 9.05. The number of carbonyl (C=O) groups excluding carboxylic acids is 2. The summed E-state index contributed by atoms with van der Waals surface area (Å²) in [5.41, 5.74) is 2.55. The Morgan fingerprint density at radius 2 is 1.74 bits per heavy atom. The number of methoxy groups -OCH3 is 1. The molecule has 5 heteroatoms. The van der Waals surface area contributed by atoms with E-state index < -0.39 is 0 Å². The van der Waals surface area contributed by atoms with Crippen molar-refractivity contribution in [2.24, 2.45) is 5.92 Å². The molecule has 1 atom stereocenters. The Kier molecular flexibility index (Phi) is 5.91. The second kappa shape index (κ2) is 8.54. The van der Waals surface area contributed by atoms with E-state index in [1.54, 1.807) is 32.4 Å². The van der Waals surface area contributed by atoms with E-state index in [2.05, 4.69) is 10.6 Å². The molecule has 3 rings (SSSR count). The van der Waals surface area contributed by atoms with Crippen LogP contribution < -0.4 is 15.4 Å². The minimum absolute atomic E-state index is 0.0173. The van der Waals surface area contributed by atoms with Crippen LogP contribution in [0, 0.1) is 5.92 Å². The van der Waals surface area contributed by atoms with Gasteiger partial charge in [-0.05, 0) is 60.2 Å². The summed E-state index contributed by atoms with van der Waals surface area (Å²) in [6.07, 6.45) is 5.54. The van der Waals surface area contributed by atoms with Crippen LogP contribution in [0.15, 0.2) is 54.6 Å². The maximum absolute atomic E-state index is 12.4. The van der Waals surface area contributed by atoms with Gasteiger partial charge in [0.1, 0.15) is 5.75 Å². The van der Waals surface area contributed by atoms with Gasteiger partial charge in [-0.1, -0.05) is 24.3 Å². The van der Waals surface area contributed by atoms with Crippen LogP contribution in [0.1, 0.15) is 40.4 Å². The van der Waals surface area contributed by atoms with E-state index in [0.717, 1.165) is 29.7 Å². The number of hydrogen-bond donors (Lipinski definition) is 2. The highest BCUT2D eigenvalue weighted by atomic mass is 16.5. The summed E-state index contributed by atoms with van der Waals surface area (Å²) >= 11 is 0. The average molecular weight is 364 g/mol. The van der Waals surface area contributed by atoms with Gasteiger partial charge in [-0.25, -0.2) is 0 Å². The van der Waals surface area contributed by atoms with Crippen LogP contribution in [0.3, 0.4) is 0 Å². The fourth-order valence-electron chi connectivity index (χ4n) is 2.98. The van der Waals surface area contributed by atoms with Crippen molar-refractivity contribution in [3.05, 3.63) is 71.3 Å². The minimum Gasteiger partial charge on any atom is -0.497 e. The van der Waals surface area contributed by atoms with Crippen LogP contribution in [0.5, 0.6) is 5.75 Å². The highest BCUT2D eigenvalue weighted by molar-refractivity contribution is 5.95. The van der Waals surface area contributed by atoms with E-state index >= 15 is 0 Å². The fourth-order valence-corrected chi connectivity index (χ4v) is 2.98. The number of rotatable bonds is 7. The summed E-state index contributed by atoms with van der Waals surface area (Å²) in [4.78, 5) is 23.9. The number of amides is 2. The van der Waals surface area contributed by atoms with Gasteiger partial charge in [-0.15, -0.1) is 0 Å². The molecule has 0 bridgehead atoms. The average Bonchev–Trinajstić information content (AvgIpc) is 3.55. The molecule has 0 unspecified atom stereocenters. The molecule has 0 aliphatic heterocycles. The van der Waals surface area contributed by atoms with Crippen LogP contribution in [0.2, 0.25) is 0 Å². The monoisotopic (exact) mass is 364 g/mol. The molecule has 0 radical (unpaired) electrons. The van der Waals surface area contributed by atoms with E-state index in [-0.39, 0.29) is 17.9 Å². The molecule has 1 aliphatic rings. The standard InChI is InChI=1S/C22H24N2O3/c1-23-22(26)18-6-3-15(4-7-18)5-14-20(25)24-21(16-8-9-16)17-10-12-19(27-2)13-11-17/h3-7,10-14,16,21H,8-9H2,1-2H3,(H,23,26)(H,24,25)/b14-5+/t21-/m0/s1. The Hall–Kier alpha value is -3.08. The molecular weight excluding hydrogens is 340 g/mol. The zero-order valence-electron chi connectivity index (χ0n) is 15.6. The lowest BCUT2D eigenvalue weighted by Gasteiger charge is -2.18. The molecule has 5 nitrogen and oxygen atoms in total. The van der Waals surface area contributed by atoms with Gasteiger partial charge in [0.25, 0.3) is 5.91 Å². The number of ether oxygens (including phenoxy) is 1. The van der Waals surface area contributed by atoms with Crippen molar-refractivity contribution in [1.82, 2.24) is 10.6 Å². The number of hydrogen-bond acceptors (Lipinski definition) is 3. The van der Waals surface area contributed by atoms with Crippen LogP contribution in [-0.4, -0.2) is 26.0 Å². The summed E-state index contributed by atoms with van der Waals surface area (Å²) in [5, 5.41) is 5.69. The first-order chi connectivity index (χ1) is 13.1. The van der Waals surface area contributed by atoms with E-state index in [9.17, 15) is 9.59 Å². The highest BCUT2D eigenvalue weighted by Gasteiger charge is 2.33. The third-order valence-corrected chi connectivity index (χ3v) is 4.69. The predicted molar refractivity (Wildman–Crippen MR) is 105 cm³/mol. The van der Waals surface area contributed by atoms with Gasteiger partial charge in [0.05, 0.1) is 13.2 Å². The topological polar surface area (TPSA) is 67.4 Å². The summed E-state index contributed by atoms with van der Waals surface area (Å²) in [5.74, 6) is 1.04. The molecule has 2 aromatic rings. The maximum Gasteiger partial charge on any atom is 0.251 e. The van der Waals surface area contributed by atoms with Crippen molar-refractivity contribution < 1.29 is 14.3 Å². The first-order valence-corrected chi connectivity index (χ1v) is 9.05. The van der Waals surface area contributed by atoms with Gasteiger partial charge in [0, 0.05) is 18.7 Å². The van der Waals surface area contributed by atoms with Crippen molar-refractivity contribution in [2.45, 2.75) is 18.9 Å². The van der Waals surface area contributed by atoms with Gasteiger partial charge in [-0.3, -0.25) is 9.59 Å². The van der Waals surface area contributed by atoms with Gasteiger partial charge in [0.15, 0.2) is 0 Å². The van der Waals surface area contributed by atoms with Gasteiger partial charge >= 0.3 is 0 Å². The lowest BCUT2D eigenvalue weighted by molar-refractivity contribution is -0.117. The second-order valence-corrected chi connectivity index (χ2v) is 6.63. The Balaban J connectivity index is 1.64. The van der Waals surface area contributed by atoms with E-state index in [1.165, 1.54) is 6.08 Å². The van der Waals surface area contributed by atoms with E-state index in [4.69, 9.17) is 4.74 Å². The number of carbonyl (C=O) groups is 2. The Labute approximate surface area is 159 Å². The molecular formula is C22H24N2O3. The first kappa shape index (κ1) is 18.7. The molecule has 0 aromatic heterocycles. The quantitative estimate of drug-likeness (QED) is 0.741. The molecule has 0 spiro atoms. The van der Waals surface area contributed by atoms with Crippen molar-refractivity contribution in [3.63, 3.8) is 0 Å². The van der Waals surface area contributed by atoms with E-state index in [1.807, 2.05) is 36.4 Å². The summed E-state index contributed by atoms with van der Waals surface area (Å²) in [6.45, 7) is 0. The SMILES string of the molecule is CNC(=O)c1ccc(/C=C/C(=O)N[C@H](c2ccc(OC)cc2)C2CC2)cc1. The third kappa shape index (κ3) is 4.97. The van der Waals surface area contributed by atoms with Crippen molar-refractivity contribution >= 4 is 17.9 Å². The number of benzene rings is 2. The predicted octanol–water partition coefficient (Wildman–Crippen LogP) is 3.34. The Bertz CT molecular complexity index is 822. The highest BCUT2D eigenvalue weighted by Crippen LogP contribution is 2.41. The van der Waals surface area contributed by atoms with Crippen molar-refractivity contribution in [3.8, 4) is 5.75 Å². The molecule has 1 fully saturated rings. The summed E-state index contributed by atoms with van der Waals surface area (Å²) in [7, 11) is 3.24. The molecule has 27 heavy (non-hydrogen) atoms. The lowest BCUT2D eigenvalue weighted by Crippen LogP contribution is -2.28. The molecule has 0 heterocycles. The summed E-state index contributed by atoms with van der Waals surface area (Å²) < 4.78 is 5.20. The normalized spacial score (nSPS) is 14.6. The van der Waals surface area contributed by atoms with Gasteiger partial charge < -0.3 is 15.4 Å². The Morgan fingerprint density at radius 1 is 1.07 bits per heavy atom. The van der Waals surface area contributed by atoms with Gasteiger partial charge in [-0.2, -0.15) is 0 Å². The molecule has 1 aliphatic carbocycles. The molecule has 2 N–H and O–H groups in total. The zero-order chi connectivity index (χ0) is 19.2. The molecule has 2 amide bonds. The van der Waals surface area contributed by atoms with Crippen molar-refractivity contribution in [1.29, 1.82) is 0 Å².